The highest BCUT2D eigenvalue weighted by molar-refractivity contribution is 9.10. The highest BCUT2D eigenvalue weighted by atomic mass is 79.9. The summed E-state index contributed by atoms with van der Waals surface area (Å²) in [6.45, 7) is 3.72. The summed E-state index contributed by atoms with van der Waals surface area (Å²) in [6, 6.07) is 0. The van der Waals surface area contributed by atoms with Crippen LogP contribution in [0.25, 0.3) is 0 Å². The summed E-state index contributed by atoms with van der Waals surface area (Å²) in [7, 11) is 0. The number of carboxylic acids is 1. The van der Waals surface area contributed by atoms with Crippen molar-refractivity contribution in [2.75, 3.05) is 0 Å². The molecular weight excluding hydrogens is 252 g/mol. The first-order chi connectivity index (χ1) is 6.47. The van der Waals surface area contributed by atoms with Crippen molar-refractivity contribution >= 4 is 27.9 Å². The maximum Gasteiger partial charge on any atom is 0.319 e. The van der Waals surface area contributed by atoms with Crippen molar-refractivity contribution in [1.82, 2.24) is 0 Å². The van der Waals surface area contributed by atoms with Crippen LogP contribution in [0.15, 0.2) is 0 Å². The molecule has 0 aliphatic heterocycles. The molecule has 0 saturated heterocycles. The number of carbonyl (C=O) groups is 2. The quantitative estimate of drug-likeness (QED) is 0.590. The summed E-state index contributed by atoms with van der Waals surface area (Å²) in [4.78, 5) is 21.0. The number of halogens is 1. The second-order valence-corrected chi connectivity index (χ2v) is 4.16. The predicted molar refractivity (Wildman–Crippen MR) is 55.4 cm³/mol. The predicted octanol–water partition coefficient (Wildman–Crippen LogP) is 1.96. The fourth-order valence-electron chi connectivity index (χ4n) is 0.723. The van der Waals surface area contributed by atoms with Gasteiger partial charge in [0.15, 0.2) is 0 Å². The minimum atomic E-state index is -0.911. The largest absolute Gasteiger partial charge is 0.481 e. The Bertz CT molecular complexity index is 205. The first kappa shape index (κ1) is 13.4. The van der Waals surface area contributed by atoms with Crippen molar-refractivity contribution < 1.29 is 19.4 Å². The Balaban J connectivity index is 3.81. The Hall–Kier alpha value is -0.580. The third-order valence-corrected chi connectivity index (χ3v) is 2.59. The van der Waals surface area contributed by atoms with Gasteiger partial charge >= 0.3 is 11.9 Å². The van der Waals surface area contributed by atoms with E-state index >= 15 is 0 Å². The molecule has 0 aromatic rings. The highest BCUT2D eigenvalue weighted by Crippen LogP contribution is 2.12. The average Bonchev–Trinajstić information content (AvgIpc) is 2.13. The number of hydrogen-bond acceptors (Lipinski definition) is 3. The molecule has 5 heteroatoms. The molecule has 0 aliphatic rings. The molecule has 0 aliphatic carbocycles. The third kappa shape index (κ3) is 5.96. The lowest BCUT2D eigenvalue weighted by molar-refractivity contribution is -0.147. The van der Waals surface area contributed by atoms with E-state index in [1.807, 2.05) is 6.92 Å². The molecule has 2 atom stereocenters. The van der Waals surface area contributed by atoms with E-state index < -0.39 is 10.8 Å². The Morgan fingerprint density at radius 3 is 2.50 bits per heavy atom. The second-order valence-electron chi connectivity index (χ2n) is 3.06. The lowest BCUT2D eigenvalue weighted by Crippen LogP contribution is -2.23. The zero-order chi connectivity index (χ0) is 11.1. The number of carbonyl (C=O) groups excluding carboxylic acids is 1. The van der Waals surface area contributed by atoms with Gasteiger partial charge in [-0.05, 0) is 19.8 Å². The smallest absolute Gasteiger partial charge is 0.319 e. The van der Waals surface area contributed by atoms with Crippen molar-refractivity contribution in [3.63, 3.8) is 0 Å². The van der Waals surface area contributed by atoms with Gasteiger partial charge in [0, 0.05) is 6.42 Å². The summed E-state index contributed by atoms with van der Waals surface area (Å²) in [5.41, 5.74) is 0. The monoisotopic (exact) mass is 266 g/mol. The van der Waals surface area contributed by atoms with E-state index in [4.69, 9.17) is 9.84 Å². The number of hydrogen-bond donors (Lipinski definition) is 1. The number of rotatable bonds is 6. The van der Waals surface area contributed by atoms with Crippen LogP contribution in [0.1, 0.15) is 33.1 Å². The van der Waals surface area contributed by atoms with Gasteiger partial charge in [0.1, 0.15) is 4.83 Å². The Kier molecular flexibility index (Phi) is 6.53. The fraction of sp³-hybridized carbons (Fsp3) is 0.778. The van der Waals surface area contributed by atoms with Crippen molar-refractivity contribution in [2.45, 2.75) is 44.0 Å². The Labute approximate surface area is 91.8 Å². The van der Waals surface area contributed by atoms with E-state index in [0.29, 0.717) is 0 Å². The molecular formula is C9H15BrO4. The van der Waals surface area contributed by atoms with E-state index in [9.17, 15) is 9.59 Å². The molecule has 0 spiro atoms. The molecule has 4 nitrogen and oxygen atoms in total. The minimum absolute atomic E-state index is 0.0362. The van der Waals surface area contributed by atoms with Crippen LogP contribution < -0.4 is 0 Å². The van der Waals surface area contributed by atoms with Crippen LogP contribution in [0.3, 0.4) is 0 Å². The number of aliphatic carboxylic acids is 1. The first-order valence-corrected chi connectivity index (χ1v) is 5.45. The SMILES string of the molecule is CCC(C)OC(=O)C(Br)CCC(=O)O. The molecule has 0 saturated carbocycles. The Morgan fingerprint density at radius 2 is 2.07 bits per heavy atom. The maximum absolute atomic E-state index is 11.3. The third-order valence-electron chi connectivity index (χ3n) is 1.76. The summed E-state index contributed by atoms with van der Waals surface area (Å²) >= 11 is 3.09. The van der Waals surface area contributed by atoms with Gasteiger partial charge < -0.3 is 9.84 Å². The van der Waals surface area contributed by atoms with Crippen molar-refractivity contribution in [3.8, 4) is 0 Å². The summed E-state index contributed by atoms with van der Waals surface area (Å²) in [6.07, 6.45) is 0.855. The Morgan fingerprint density at radius 1 is 1.50 bits per heavy atom. The van der Waals surface area contributed by atoms with Crippen LogP contribution in [0.5, 0.6) is 0 Å². The molecule has 0 radical (unpaired) electrons. The summed E-state index contributed by atoms with van der Waals surface area (Å²) < 4.78 is 5.01. The number of alkyl halides is 1. The zero-order valence-electron chi connectivity index (χ0n) is 8.33. The molecule has 2 unspecified atom stereocenters. The van der Waals surface area contributed by atoms with Crippen LogP contribution >= 0.6 is 15.9 Å². The summed E-state index contributed by atoms with van der Waals surface area (Å²) in [5, 5.41) is 8.40. The molecule has 0 fully saturated rings. The van der Waals surface area contributed by atoms with E-state index in [2.05, 4.69) is 15.9 Å². The molecule has 0 aromatic carbocycles. The van der Waals surface area contributed by atoms with Gasteiger partial charge in [-0.15, -0.1) is 0 Å². The van der Waals surface area contributed by atoms with Crippen LogP contribution in [0.4, 0.5) is 0 Å². The van der Waals surface area contributed by atoms with Gasteiger partial charge in [-0.1, -0.05) is 22.9 Å². The van der Waals surface area contributed by atoms with Crippen molar-refractivity contribution in [2.24, 2.45) is 0 Å². The van der Waals surface area contributed by atoms with Crippen molar-refractivity contribution in [3.05, 3.63) is 0 Å². The minimum Gasteiger partial charge on any atom is -0.481 e. The number of esters is 1. The standard InChI is InChI=1S/C9H15BrO4/c1-3-6(2)14-9(13)7(10)4-5-8(11)12/h6-7H,3-5H2,1-2H3,(H,11,12). The molecule has 14 heavy (non-hydrogen) atoms. The highest BCUT2D eigenvalue weighted by Gasteiger charge is 2.19. The lowest BCUT2D eigenvalue weighted by atomic mass is 10.2. The number of ether oxygens (including phenoxy) is 1. The maximum atomic E-state index is 11.3. The van der Waals surface area contributed by atoms with Gasteiger partial charge in [-0.2, -0.15) is 0 Å². The first-order valence-electron chi connectivity index (χ1n) is 4.53. The summed E-state index contributed by atoms with van der Waals surface area (Å²) in [5.74, 6) is -1.30. The van der Waals surface area contributed by atoms with Gasteiger partial charge in [-0.25, -0.2) is 0 Å². The van der Waals surface area contributed by atoms with E-state index in [-0.39, 0.29) is 24.9 Å². The lowest BCUT2D eigenvalue weighted by Gasteiger charge is -2.13. The van der Waals surface area contributed by atoms with Crippen LogP contribution in [0, 0.1) is 0 Å². The van der Waals surface area contributed by atoms with Crippen molar-refractivity contribution in [1.29, 1.82) is 0 Å². The molecule has 0 rings (SSSR count). The molecule has 1 N–H and O–H groups in total. The van der Waals surface area contributed by atoms with Gasteiger partial charge in [0.05, 0.1) is 6.10 Å². The molecule has 0 heterocycles. The average molecular weight is 267 g/mol. The van der Waals surface area contributed by atoms with Gasteiger partial charge in [0.2, 0.25) is 0 Å². The molecule has 0 bridgehead atoms. The number of carboxylic acid groups (broad SMARTS) is 1. The van der Waals surface area contributed by atoms with Gasteiger partial charge in [-0.3, -0.25) is 9.59 Å². The molecule has 0 amide bonds. The molecule has 82 valence electrons. The van der Waals surface area contributed by atoms with E-state index in [1.54, 1.807) is 6.92 Å². The topological polar surface area (TPSA) is 63.6 Å². The van der Waals surface area contributed by atoms with E-state index in [1.165, 1.54) is 0 Å². The van der Waals surface area contributed by atoms with Crippen LogP contribution in [-0.4, -0.2) is 28.0 Å². The second kappa shape index (κ2) is 6.81. The van der Waals surface area contributed by atoms with Crippen LogP contribution in [0.2, 0.25) is 0 Å². The van der Waals surface area contributed by atoms with E-state index in [0.717, 1.165) is 6.42 Å². The van der Waals surface area contributed by atoms with Crippen LogP contribution in [-0.2, 0) is 14.3 Å². The molecule has 0 aromatic heterocycles. The zero-order valence-corrected chi connectivity index (χ0v) is 9.91. The normalized spacial score (nSPS) is 14.5. The fourth-order valence-corrected chi connectivity index (χ4v) is 1.06. The van der Waals surface area contributed by atoms with Gasteiger partial charge in [0.25, 0.3) is 0 Å².